The average Bonchev–Trinajstić information content (AvgIpc) is 3.37. The summed E-state index contributed by atoms with van der Waals surface area (Å²) in [6.45, 7) is 0.239. The van der Waals surface area contributed by atoms with Crippen LogP contribution in [-0.2, 0) is 22.4 Å². The van der Waals surface area contributed by atoms with Crippen LogP contribution >= 0.6 is 0 Å². The molecule has 4 amide bonds. The molecule has 38 heavy (non-hydrogen) atoms. The second-order valence-corrected chi connectivity index (χ2v) is 10.1. The summed E-state index contributed by atoms with van der Waals surface area (Å²) < 4.78 is 0. The van der Waals surface area contributed by atoms with E-state index in [2.05, 4.69) is 0 Å². The van der Waals surface area contributed by atoms with Crippen molar-refractivity contribution in [3.8, 4) is 0 Å². The minimum absolute atomic E-state index is 0.0598. The van der Waals surface area contributed by atoms with E-state index >= 15 is 0 Å². The van der Waals surface area contributed by atoms with Crippen molar-refractivity contribution in [3.05, 3.63) is 71.8 Å². The van der Waals surface area contributed by atoms with Gasteiger partial charge >= 0.3 is 24.0 Å². The van der Waals surface area contributed by atoms with Gasteiger partial charge < -0.3 is 10.2 Å². The molecule has 0 aromatic heterocycles. The van der Waals surface area contributed by atoms with Crippen LogP contribution in [0, 0.1) is 0 Å². The lowest BCUT2D eigenvalue weighted by Crippen LogP contribution is -2.64. The van der Waals surface area contributed by atoms with Gasteiger partial charge in [-0.3, -0.25) is 39.0 Å². The number of hydrogen-bond acceptors (Lipinski definition) is 6. The summed E-state index contributed by atoms with van der Waals surface area (Å²) in [6, 6.07) is 16.0. The zero-order chi connectivity index (χ0) is 26.6. The number of amides is 4. The summed E-state index contributed by atoms with van der Waals surface area (Å²) in [5, 5.41) is 20.1. The molecule has 4 aliphatic rings. The third-order valence-electron chi connectivity index (χ3n) is 7.86. The van der Waals surface area contributed by atoms with Gasteiger partial charge in [0.1, 0.15) is 12.1 Å². The number of carbonyl (C=O) groups excluding carboxylic acids is 2. The van der Waals surface area contributed by atoms with E-state index in [1.54, 1.807) is 9.80 Å². The zero-order valence-corrected chi connectivity index (χ0v) is 20.5. The molecule has 0 bridgehead atoms. The number of carboxylic acid groups (broad SMARTS) is 2. The van der Waals surface area contributed by atoms with Crippen LogP contribution in [0.4, 0.5) is 9.59 Å². The van der Waals surface area contributed by atoms with Crippen LogP contribution in [0.2, 0.25) is 0 Å². The third-order valence-corrected chi connectivity index (χ3v) is 7.86. The van der Waals surface area contributed by atoms with Crippen molar-refractivity contribution in [1.29, 1.82) is 0 Å². The molecular formula is C26H28N6O6. The first-order valence-corrected chi connectivity index (χ1v) is 12.5. The van der Waals surface area contributed by atoms with Crippen LogP contribution in [0.3, 0.4) is 0 Å². The number of rotatable bonds is 8. The second kappa shape index (κ2) is 9.30. The highest BCUT2D eigenvalue weighted by Crippen LogP contribution is 2.40. The normalized spacial score (nSPS) is 24.5. The summed E-state index contributed by atoms with van der Waals surface area (Å²) in [5.74, 6) is -2.06. The van der Waals surface area contributed by atoms with Gasteiger partial charge in [0.2, 0.25) is 0 Å². The minimum Gasteiger partial charge on any atom is -0.480 e. The molecule has 0 aliphatic carbocycles. The Hall–Kier alpha value is -4.16. The van der Waals surface area contributed by atoms with Crippen molar-refractivity contribution in [3.63, 3.8) is 0 Å². The lowest BCUT2D eigenvalue weighted by molar-refractivity contribution is -0.149. The van der Waals surface area contributed by atoms with Crippen LogP contribution in [-0.4, -0.2) is 115 Å². The van der Waals surface area contributed by atoms with Crippen molar-refractivity contribution in [2.75, 3.05) is 26.7 Å². The number of carbonyl (C=O) groups is 4. The third kappa shape index (κ3) is 3.92. The van der Waals surface area contributed by atoms with Gasteiger partial charge in [-0.2, -0.15) is 0 Å². The summed E-state index contributed by atoms with van der Waals surface area (Å²) in [6.07, 6.45) is -0.626. The van der Waals surface area contributed by atoms with Crippen molar-refractivity contribution in [2.45, 2.75) is 37.3 Å². The Morgan fingerprint density at radius 3 is 1.24 bits per heavy atom. The smallest absolute Gasteiger partial charge is 0.325 e. The monoisotopic (exact) mass is 520 g/mol. The number of nitrogens with zero attached hydrogens (tertiary/aromatic N) is 6. The molecule has 4 heterocycles. The predicted octanol–water partition coefficient (Wildman–Crippen LogP) is 0.967. The Labute approximate surface area is 218 Å². The van der Waals surface area contributed by atoms with Gasteiger partial charge in [0.25, 0.3) is 0 Å². The van der Waals surface area contributed by atoms with Crippen molar-refractivity contribution < 1.29 is 29.4 Å². The van der Waals surface area contributed by atoms with E-state index < -0.39 is 36.4 Å². The van der Waals surface area contributed by atoms with Gasteiger partial charge in [-0.15, -0.1) is 0 Å². The fourth-order valence-electron chi connectivity index (χ4n) is 6.03. The van der Waals surface area contributed by atoms with Gasteiger partial charge in [0, 0.05) is 0 Å². The summed E-state index contributed by atoms with van der Waals surface area (Å²) in [5.41, 5.74) is 1.69. The fraction of sp³-hybridized carbons (Fsp3) is 0.385. The van der Waals surface area contributed by atoms with Gasteiger partial charge in [-0.1, -0.05) is 60.7 Å². The van der Waals surface area contributed by atoms with E-state index in [4.69, 9.17) is 0 Å². The lowest BCUT2D eigenvalue weighted by atomic mass is 10.0. The summed E-state index contributed by atoms with van der Waals surface area (Å²) in [7, 11) is 0. The molecule has 2 atom stereocenters. The van der Waals surface area contributed by atoms with E-state index in [-0.39, 0.29) is 51.6 Å². The first-order valence-electron chi connectivity index (χ1n) is 12.5. The molecule has 2 unspecified atom stereocenters. The molecule has 0 radical (unpaired) electrons. The fourth-order valence-corrected chi connectivity index (χ4v) is 6.03. The molecule has 12 heteroatoms. The summed E-state index contributed by atoms with van der Waals surface area (Å²) in [4.78, 5) is 61.1. The second-order valence-electron chi connectivity index (χ2n) is 10.1. The minimum atomic E-state index is -1.03. The van der Waals surface area contributed by atoms with Crippen LogP contribution in [0.15, 0.2) is 60.7 Å². The number of benzene rings is 2. The molecule has 0 saturated carbocycles. The van der Waals surface area contributed by atoms with Crippen LogP contribution in [0.25, 0.3) is 0 Å². The number of urea groups is 2. The van der Waals surface area contributed by atoms with Crippen LogP contribution < -0.4 is 0 Å². The topological polar surface area (TPSA) is 128 Å². The molecular weight excluding hydrogens is 492 g/mol. The Bertz CT molecular complexity index is 1130. The maximum atomic E-state index is 13.6. The number of carboxylic acids is 2. The standard InChI is InChI=1S/C26H28N6O6/c33-23(34)19(11-17-7-3-1-4-8-17)27-13-29-21-22-31(25(29)37)15-28(16-32(22)26(38)30(21)14-27)20(24(35)36)12-18-9-5-2-6-10-18/h1-10,19-22H,11-16H2,(H,33,34)(H,35,36). The van der Waals surface area contributed by atoms with Gasteiger partial charge in [-0.05, 0) is 24.0 Å². The largest absolute Gasteiger partial charge is 0.480 e. The van der Waals surface area contributed by atoms with Crippen molar-refractivity contribution in [1.82, 2.24) is 29.4 Å². The first kappa shape index (κ1) is 24.2. The molecule has 0 spiro atoms. The Kier molecular flexibility index (Phi) is 5.92. The van der Waals surface area contributed by atoms with Crippen LogP contribution in [0.1, 0.15) is 11.1 Å². The predicted molar refractivity (Wildman–Crippen MR) is 132 cm³/mol. The maximum Gasteiger partial charge on any atom is 0.325 e. The molecule has 2 aromatic carbocycles. The Morgan fingerprint density at radius 1 is 0.632 bits per heavy atom. The SMILES string of the molecule is O=C(O)C(Cc1ccccc1)N1CN2C(=O)N3CN(C(Cc4ccccc4)C(=O)O)CN4C(=O)N(C1)C2C34. The Balaban J connectivity index is 1.25. The zero-order valence-electron chi connectivity index (χ0n) is 20.5. The van der Waals surface area contributed by atoms with Gasteiger partial charge in [-0.25, -0.2) is 9.59 Å². The molecule has 4 saturated heterocycles. The molecule has 2 N–H and O–H groups in total. The number of hydrogen-bond donors (Lipinski definition) is 2. The molecule has 4 fully saturated rings. The van der Waals surface area contributed by atoms with E-state index in [0.29, 0.717) is 0 Å². The molecule has 12 nitrogen and oxygen atoms in total. The molecule has 2 aromatic rings. The van der Waals surface area contributed by atoms with Crippen molar-refractivity contribution >= 4 is 24.0 Å². The highest BCUT2D eigenvalue weighted by molar-refractivity contribution is 5.86. The van der Waals surface area contributed by atoms with Gasteiger partial charge in [0.05, 0.1) is 26.7 Å². The number of aliphatic carboxylic acids is 2. The highest BCUT2D eigenvalue weighted by Gasteiger charge is 2.64. The Morgan fingerprint density at radius 2 is 0.947 bits per heavy atom. The average molecular weight is 521 g/mol. The summed E-state index contributed by atoms with van der Waals surface area (Å²) >= 11 is 0. The lowest BCUT2D eigenvalue weighted by Gasteiger charge is -2.44. The quantitative estimate of drug-likeness (QED) is 0.527. The van der Waals surface area contributed by atoms with E-state index in [0.717, 1.165) is 11.1 Å². The van der Waals surface area contributed by atoms with Crippen molar-refractivity contribution in [2.24, 2.45) is 0 Å². The van der Waals surface area contributed by atoms with E-state index in [1.165, 1.54) is 19.6 Å². The molecule has 4 aliphatic heterocycles. The first-order chi connectivity index (χ1) is 18.3. The highest BCUT2D eigenvalue weighted by atomic mass is 16.4. The van der Waals surface area contributed by atoms with E-state index in [9.17, 15) is 29.4 Å². The van der Waals surface area contributed by atoms with Gasteiger partial charge in [0.15, 0.2) is 12.3 Å². The van der Waals surface area contributed by atoms with Crippen LogP contribution in [0.5, 0.6) is 0 Å². The molecule has 198 valence electrons. The molecule has 6 rings (SSSR count). The van der Waals surface area contributed by atoms with E-state index in [1.807, 2.05) is 60.7 Å². The maximum absolute atomic E-state index is 13.6.